The second-order valence-electron chi connectivity index (χ2n) is 8.30. The van der Waals surface area contributed by atoms with Gasteiger partial charge in [0.15, 0.2) is 6.17 Å². The van der Waals surface area contributed by atoms with E-state index in [4.69, 9.17) is 19.9 Å². The molecular formula is C24H28FN3O5. The largest absolute Gasteiger partial charge is 0.496 e. The molecular weight excluding hydrogens is 429 g/mol. The summed E-state index contributed by atoms with van der Waals surface area (Å²) in [5.41, 5.74) is 5.56. The lowest BCUT2D eigenvalue weighted by Gasteiger charge is -2.19. The molecule has 1 aromatic heterocycles. The number of halogens is 1. The normalized spacial score (nSPS) is 20.2. The number of alkyl halides is 1. The molecule has 0 bridgehead atoms. The fourth-order valence-corrected chi connectivity index (χ4v) is 3.68. The van der Waals surface area contributed by atoms with Gasteiger partial charge in [-0.05, 0) is 32.4 Å². The van der Waals surface area contributed by atoms with Gasteiger partial charge in [0.25, 0.3) is 11.8 Å². The molecule has 176 valence electrons. The minimum Gasteiger partial charge on any atom is -0.496 e. The van der Waals surface area contributed by atoms with Gasteiger partial charge in [-0.25, -0.2) is 9.37 Å². The molecule has 2 amide bonds. The van der Waals surface area contributed by atoms with Crippen molar-refractivity contribution in [3.05, 3.63) is 29.5 Å². The van der Waals surface area contributed by atoms with Crippen molar-refractivity contribution in [1.82, 2.24) is 10.3 Å². The number of ether oxygens (including phenoxy) is 3. The highest BCUT2D eigenvalue weighted by Crippen LogP contribution is 2.33. The first-order valence-corrected chi connectivity index (χ1v) is 10.6. The zero-order valence-corrected chi connectivity index (χ0v) is 19.3. The van der Waals surface area contributed by atoms with E-state index in [0.29, 0.717) is 22.8 Å². The summed E-state index contributed by atoms with van der Waals surface area (Å²) >= 11 is 0. The number of fused-ring (bicyclic) bond motifs is 1. The first-order valence-electron chi connectivity index (χ1n) is 10.6. The van der Waals surface area contributed by atoms with E-state index in [2.05, 4.69) is 22.1 Å². The quantitative estimate of drug-likeness (QED) is 0.618. The van der Waals surface area contributed by atoms with Crippen molar-refractivity contribution in [2.24, 2.45) is 11.7 Å². The number of amides is 2. The Morgan fingerprint density at radius 2 is 2.03 bits per heavy atom. The van der Waals surface area contributed by atoms with Crippen molar-refractivity contribution in [2.45, 2.75) is 45.0 Å². The fourth-order valence-electron chi connectivity index (χ4n) is 3.68. The van der Waals surface area contributed by atoms with E-state index in [1.165, 1.54) is 13.3 Å². The summed E-state index contributed by atoms with van der Waals surface area (Å²) in [7, 11) is 2.99. The van der Waals surface area contributed by atoms with Gasteiger partial charge < -0.3 is 25.3 Å². The number of carbonyl (C=O) groups excluding carboxylic acids is 2. The molecule has 2 heterocycles. The molecule has 8 nitrogen and oxygen atoms in total. The number of methoxy groups -OCH3 is 2. The van der Waals surface area contributed by atoms with Crippen molar-refractivity contribution in [1.29, 1.82) is 0 Å². The van der Waals surface area contributed by atoms with E-state index in [1.54, 1.807) is 19.2 Å². The van der Waals surface area contributed by atoms with Crippen LogP contribution in [-0.4, -0.2) is 55.4 Å². The Balaban J connectivity index is 2.06. The van der Waals surface area contributed by atoms with Gasteiger partial charge in [-0.15, -0.1) is 0 Å². The van der Waals surface area contributed by atoms with Crippen molar-refractivity contribution >= 4 is 22.6 Å². The minimum atomic E-state index is -1.56. The highest BCUT2D eigenvalue weighted by Gasteiger charge is 2.41. The molecule has 1 aromatic carbocycles. The summed E-state index contributed by atoms with van der Waals surface area (Å²) in [5, 5.41) is 3.75. The van der Waals surface area contributed by atoms with Crippen molar-refractivity contribution in [2.75, 3.05) is 20.8 Å². The first-order chi connectivity index (χ1) is 15.6. The Hall–Kier alpha value is -3.38. The minimum absolute atomic E-state index is 0.0361. The number of benzene rings is 1. The molecule has 3 atom stereocenters. The zero-order valence-electron chi connectivity index (χ0n) is 19.3. The van der Waals surface area contributed by atoms with Crippen LogP contribution < -0.4 is 20.5 Å². The van der Waals surface area contributed by atoms with Gasteiger partial charge >= 0.3 is 0 Å². The van der Waals surface area contributed by atoms with Crippen molar-refractivity contribution in [3.8, 4) is 23.5 Å². The second kappa shape index (κ2) is 9.63. The van der Waals surface area contributed by atoms with Gasteiger partial charge in [-0.1, -0.05) is 18.8 Å². The van der Waals surface area contributed by atoms with E-state index < -0.39 is 35.5 Å². The maximum atomic E-state index is 14.1. The van der Waals surface area contributed by atoms with Crippen LogP contribution in [0.2, 0.25) is 0 Å². The third kappa shape index (κ3) is 5.01. The monoisotopic (exact) mass is 457 g/mol. The molecule has 9 heteroatoms. The molecule has 1 aliphatic rings. The van der Waals surface area contributed by atoms with E-state index in [0.717, 1.165) is 0 Å². The SMILES string of the molecule is CC[C@@H]1[C@H](F)C(=O)N[C@@H]1COc1ncc(C#CC(C)(C)OC)c2cc(C(N)=O)c(OC)cc12. The molecule has 3 N–H and O–H groups in total. The van der Waals surface area contributed by atoms with Gasteiger partial charge in [0.05, 0.1) is 24.3 Å². The maximum Gasteiger partial charge on any atom is 0.255 e. The maximum absolute atomic E-state index is 14.1. The number of rotatable bonds is 7. The van der Waals surface area contributed by atoms with E-state index in [1.807, 2.05) is 20.8 Å². The molecule has 0 aliphatic carbocycles. The summed E-state index contributed by atoms with van der Waals surface area (Å²) in [4.78, 5) is 28.1. The third-order valence-electron chi connectivity index (χ3n) is 5.79. The van der Waals surface area contributed by atoms with Crippen LogP contribution >= 0.6 is 0 Å². The molecule has 33 heavy (non-hydrogen) atoms. The van der Waals surface area contributed by atoms with Gasteiger partial charge in [-0.2, -0.15) is 0 Å². The Bertz CT molecular complexity index is 1140. The van der Waals surface area contributed by atoms with Gasteiger partial charge in [0.2, 0.25) is 5.88 Å². The molecule has 0 spiro atoms. The highest BCUT2D eigenvalue weighted by atomic mass is 19.1. The number of nitrogens with one attached hydrogen (secondary N) is 1. The van der Waals surface area contributed by atoms with Crippen LogP contribution in [0.25, 0.3) is 10.8 Å². The molecule has 1 saturated heterocycles. The van der Waals surface area contributed by atoms with E-state index >= 15 is 0 Å². The zero-order chi connectivity index (χ0) is 24.3. The molecule has 0 unspecified atom stereocenters. The average Bonchev–Trinajstić information content (AvgIpc) is 3.07. The number of aromatic nitrogens is 1. The molecule has 2 aromatic rings. The number of nitrogens with zero attached hydrogens (tertiary/aromatic N) is 1. The van der Waals surface area contributed by atoms with Gasteiger partial charge in [-0.3, -0.25) is 9.59 Å². The Morgan fingerprint density at radius 1 is 1.30 bits per heavy atom. The van der Waals surface area contributed by atoms with E-state index in [-0.39, 0.29) is 23.8 Å². The lowest BCUT2D eigenvalue weighted by atomic mass is 9.97. The van der Waals surface area contributed by atoms with E-state index in [9.17, 15) is 14.0 Å². The van der Waals surface area contributed by atoms with Crippen LogP contribution in [0, 0.1) is 17.8 Å². The third-order valence-corrected chi connectivity index (χ3v) is 5.79. The van der Waals surface area contributed by atoms with Gasteiger partial charge in [0, 0.05) is 30.0 Å². The lowest BCUT2D eigenvalue weighted by Crippen LogP contribution is -2.34. The van der Waals surface area contributed by atoms with Crippen LogP contribution in [-0.2, 0) is 9.53 Å². The predicted molar refractivity (Wildman–Crippen MR) is 121 cm³/mol. The molecule has 0 saturated carbocycles. The molecule has 1 aliphatic heterocycles. The number of carbonyl (C=O) groups is 2. The standard InChI is InChI=1S/C24H28FN3O5/c1-6-14-18(28-22(30)20(14)25)12-33-23-16-10-19(31-4)17(21(26)29)9-15(16)13(11-27-23)7-8-24(2,3)32-5/h9-11,14,18,20H,6,12H2,1-5H3,(H2,26,29)(H,28,30)/t14-,18+,20-/m0/s1. The average molecular weight is 458 g/mol. The lowest BCUT2D eigenvalue weighted by molar-refractivity contribution is -0.123. The number of nitrogens with two attached hydrogens (primary N) is 1. The van der Waals surface area contributed by atoms with Crippen LogP contribution in [0.1, 0.15) is 43.1 Å². The fraction of sp³-hybridized carbons (Fsp3) is 0.458. The van der Waals surface area contributed by atoms with Crippen molar-refractivity contribution < 1.29 is 28.2 Å². The second-order valence-corrected chi connectivity index (χ2v) is 8.30. The van der Waals surface area contributed by atoms with Crippen LogP contribution in [0.5, 0.6) is 11.6 Å². The number of hydrogen-bond acceptors (Lipinski definition) is 6. The summed E-state index contributed by atoms with van der Waals surface area (Å²) < 4.78 is 30.7. The number of pyridine rings is 1. The molecule has 0 radical (unpaired) electrons. The summed E-state index contributed by atoms with van der Waals surface area (Å²) in [6.45, 7) is 5.50. The smallest absolute Gasteiger partial charge is 0.255 e. The summed E-state index contributed by atoms with van der Waals surface area (Å²) in [5.74, 6) is 4.79. The highest BCUT2D eigenvalue weighted by molar-refractivity contribution is 6.03. The van der Waals surface area contributed by atoms with Gasteiger partial charge in [0.1, 0.15) is 18.0 Å². The van der Waals surface area contributed by atoms with Crippen molar-refractivity contribution in [3.63, 3.8) is 0 Å². The topological polar surface area (TPSA) is 113 Å². The Labute approximate surface area is 192 Å². The predicted octanol–water partition coefficient (Wildman–Crippen LogP) is 2.36. The Morgan fingerprint density at radius 3 is 2.64 bits per heavy atom. The summed E-state index contributed by atoms with van der Waals surface area (Å²) in [6, 6.07) is 2.70. The van der Waals surface area contributed by atoms with Crippen LogP contribution in [0.4, 0.5) is 4.39 Å². The van der Waals surface area contributed by atoms with Crippen LogP contribution in [0.3, 0.4) is 0 Å². The Kier molecular flexibility index (Phi) is 7.08. The molecule has 1 fully saturated rings. The number of hydrogen-bond donors (Lipinski definition) is 2. The van der Waals surface area contributed by atoms with Crippen LogP contribution in [0.15, 0.2) is 18.3 Å². The first kappa shape index (κ1) is 24.3. The summed E-state index contributed by atoms with van der Waals surface area (Å²) in [6.07, 6.45) is 0.450. The molecule has 3 rings (SSSR count). The number of primary amides is 1.